The van der Waals surface area contributed by atoms with Gasteiger partial charge < -0.3 is 5.73 Å². The van der Waals surface area contributed by atoms with E-state index in [-0.39, 0.29) is 38.3 Å². The number of nitrogens with two attached hydrogens (primary N) is 1. The molecule has 0 saturated carbocycles. The minimum absolute atomic E-state index is 0.00238. The van der Waals surface area contributed by atoms with Gasteiger partial charge in [-0.05, 0) is 24.3 Å². The van der Waals surface area contributed by atoms with E-state index in [9.17, 15) is 18.8 Å². The maximum Gasteiger partial charge on any atom is 0.219 e. The second kappa shape index (κ2) is 5.58. The summed E-state index contributed by atoms with van der Waals surface area (Å²) in [5, 5.41) is 13.4. The maximum atomic E-state index is 14.0. The van der Waals surface area contributed by atoms with Crippen molar-refractivity contribution in [2.24, 2.45) is 7.05 Å². The van der Waals surface area contributed by atoms with Crippen LogP contribution in [0.4, 0.5) is 14.5 Å². The number of aromatic nitrogens is 2. The zero-order chi connectivity index (χ0) is 17.6. The Bertz CT molecular complexity index is 1050. The average molecular weight is 347 g/mol. The van der Waals surface area contributed by atoms with Crippen LogP contribution in [0, 0.1) is 23.1 Å². The number of rotatable bonds is 2. The normalized spacial score (nSPS) is 10.8. The molecule has 0 bridgehead atoms. The number of carbonyl (C=O) groups is 1. The molecule has 0 aliphatic heterocycles. The number of nitriles is 1. The first-order chi connectivity index (χ1) is 11.3. The van der Waals surface area contributed by atoms with Crippen molar-refractivity contribution in [3.05, 3.63) is 57.7 Å². The molecule has 0 aliphatic rings. The van der Waals surface area contributed by atoms with Gasteiger partial charge in [-0.25, -0.2) is 9.07 Å². The van der Waals surface area contributed by atoms with Gasteiger partial charge in [-0.2, -0.15) is 14.8 Å². The first kappa shape index (κ1) is 15.9. The number of halogens is 3. The zero-order valence-electron chi connectivity index (χ0n) is 12.3. The Hall–Kier alpha value is -2.98. The topological polar surface area (TPSA) is 84.7 Å². The lowest BCUT2D eigenvalue weighted by Gasteiger charge is -2.09. The fourth-order valence-corrected chi connectivity index (χ4v) is 2.69. The van der Waals surface area contributed by atoms with Crippen molar-refractivity contribution in [1.82, 2.24) is 9.78 Å². The molecule has 2 N–H and O–H groups in total. The van der Waals surface area contributed by atoms with Crippen LogP contribution in [-0.4, -0.2) is 15.6 Å². The molecule has 0 unspecified atom stereocenters. The number of nitrogen functional groups attached to an aromatic ring is 1. The number of hydrogen-bond donors (Lipinski definition) is 1. The van der Waals surface area contributed by atoms with Crippen LogP contribution in [0.5, 0.6) is 0 Å². The fourth-order valence-electron chi connectivity index (χ4n) is 2.48. The second-order valence-corrected chi connectivity index (χ2v) is 5.50. The summed E-state index contributed by atoms with van der Waals surface area (Å²) in [4.78, 5) is 12.7. The summed E-state index contributed by atoms with van der Waals surface area (Å²) >= 11 is 5.95. The number of anilines is 1. The highest BCUT2D eigenvalue weighted by atomic mass is 35.5. The third kappa shape index (κ3) is 2.28. The van der Waals surface area contributed by atoms with Crippen LogP contribution in [0.25, 0.3) is 10.9 Å². The summed E-state index contributed by atoms with van der Waals surface area (Å²) < 4.78 is 28.4. The van der Waals surface area contributed by atoms with Gasteiger partial charge in [0, 0.05) is 18.3 Å². The molecule has 3 rings (SSSR count). The van der Waals surface area contributed by atoms with Gasteiger partial charge in [-0.1, -0.05) is 11.6 Å². The van der Waals surface area contributed by atoms with Gasteiger partial charge in [-0.15, -0.1) is 0 Å². The lowest BCUT2D eigenvalue weighted by atomic mass is 9.95. The zero-order valence-corrected chi connectivity index (χ0v) is 13.0. The molecule has 0 saturated heterocycles. The fraction of sp³-hybridized carbons (Fsp3) is 0.0625. The molecular weight excluding hydrogens is 338 g/mol. The van der Waals surface area contributed by atoms with Crippen LogP contribution < -0.4 is 5.73 Å². The highest BCUT2D eigenvalue weighted by molar-refractivity contribution is 6.35. The second-order valence-electron chi connectivity index (χ2n) is 5.09. The molecule has 1 heterocycles. The van der Waals surface area contributed by atoms with Crippen LogP contribution in [0.2, 0.25) is 5.02 Å². The van der Waals surface area contributed by atoms with Crippen LogP contribution >= 0.6 is 11.6 Å². The molecule has 120 valence electrons. The minimum Gasteiger partial charge on any atom is -0.398 e. The molecule has 8 heteroatoms. The molecule has 3 aromatic rings. The van der Waals surface area contributed by atoms with Crippen molar-refractivity contribution in [2.45, 2.75) is 0 Å². The van der Waals surface area contributed by atoms with E-state index in [1.807, 2.05) is 6.07 Å². The van der Waals surface area contributed by atoms with Gasteiger partial charge in [0.25, 0.3) is 0 Å². The number of hydrogen-bond acceptors (Lipinski definition) is 4. The van der Waals surface area contributed by atoms with E-state index in [1.54, 1.807) is 0 Å². The lowest BCUT2D eigenvalue weighted by Crippen LogP contribution is -2.10. The van der Waals surface area contributed by atoms with Crippen molar-refractivity contribution in [1.29, 1.82) is 5.26 Å². The number of fused-ring (bicyclic) bond motifs is 1. The number of ketones is 1. The van der Waals surface area contributed by atoms with E-state index in [2.05, 4.69) is 5.10 Å². The Morgan fingerprint density at radius 3 is 2.75 bits per heavy atom. The first-order valence-corrected chi connectivity index (χ1v) is 7.07. The Morgan fingerprint density at radius 1 is 1.38 bits per heavy atom. The molecular formula is C16H9ClF2N4O. The Labute approximate surface area is 139 Å². The van der Waals surface area contributed by atoms with Crippen LogP contribution in [0.1, 0.15) is 21.5 Å². The van der Waals surface area contributed by atoms with Crippen LogP contribution in [-0.2, 0) is 7.05 Å². The first-order valence-electron chi connectivity index (χ1n) is 6.69. The molecule has 1 aromatic heterocycles. The predicted molar refractivity (Wildman–Crippen MR) is 84.6 cm³/mol. The Kier molecular flexibility index (Phi) is 3.70. The van der Waals surface area contributed by atoms with Crippen molar-refractivity contribution < 1.29 is 13.6 Å². The van der Waals surface area contributed by atoms with Crippen molar-refractivity contribution >= 4 is 34.0 Å². The van der Waals surface area contributed by atoms with Gasteiger partial charge in [0.2, 0.25) is 5.95 Å². The molecule has 0 aliphatic carbocycles. The smallest absolute Gasteiger partial charge is 0.219 e. The van der Waals surface area contributed by atoms with E-state index in [4.69, 9.17) is 17.3 Å². The third-order valence-corrected chi connectivity index (χ3v) is 3.93. The summed E-state index contributed by atoms with van der Waals surface area (Å²) in [5.41, 5.74) is 5.23. The van der Waals surface area contributed by atoms with Gasteiger partial charge in [-0.3, -0.25) is 4.79 Å². The Balaban J connectivity index is 2.34. The summed E-state index contributed by atoms with van der Waals surface area (Å²) in [6.07, 6.45) is 0. The number of carbonyl (C=O) groups excluding carboxylic acids is 1. The van der Waals surface area contributed by atoms with E-state index in [0.717, 1.165) is 16.8 Å². The molecule has 2 aromatic carbocycles. The van der Waals surface area contributed by atoms with E-state index in [1.165, 1.54) is 19.2 Å². The number of aryl methyl sites for hydroxylation is 1. The van der Waals surface area contributed by atoms with Gasteiger partial charge in [0.15, 0.2) is 5.78 Å². The largest absolute Gasteiger partial charge is 0.398 e. The molecule has 0 spiro atoms. The highest BCUT2D eigenvalue weighted by Gasteiger charge is 2.25. The molecule has 5 nitrogen and oxygen atoms in total. The molecule has 0 radical (unpaired) electrons. The monoisotopic (exact) mass is 346 g/mol. The minimum atomic E-state index is -0.735. The standard InChI is InChI=1S/C16H9ClF2N4O/c1-23-16(19)9-5-12(21)13(10(6-20)14(9)22-23)15(24)8-4-7(18)2-3-11(8)17/h2-5H,21H2,1H3. The summed E-state index contributed by atoms with van der Waals surface area (Å²) in [6.45, 7) is 0. The van der Waals surface area contributed by atoms with E-state index >= 15 is 0 Å². The van der Waals surface area contributed by atoms with Crippen molar-refractivity contribution in [2.75, 3.05) is 5.73 Å². The highest BCUT2D eigenvalue weighted by Crippen LogP contribution is 2.31. The maximum absolute atomic E-state index is 14.0. The summed E-state index contributed by atoms with van der Waals surface area (Å²) in [5.74, 6) is -2.08. The molecule has 0 atom stereocenters. The van der Waals surface area contributed by atoms with Crippen LogP contribution in [0.3, 0.4) is 0 Å². The van der Waals surface area contributed by atoms with Crippen molar-refractivity contribution in [3.63, 3.8) is 0 Å². The SMILES string of the molecule is Cn1nc2c(C#N)c(C(=O)c3cc(F)ccc3Cl)c(N)cc2c1F. The van der Waals surface area contributed by atoms with Gasteiger partial charge in [0.05, 0.1) is 21.5 Å². The lowest BCUT2D eigenvalue weighted by molar-refractivity contribution is 0.103. The van der Waals surface area contributed by atoms with Gasteiger partial charge >= 0.3 is 0 Å². The van der Waals surface area contributed by atoms with Crippen molar-refractivity contribution in [3.8, 4) is 6.07 Å². The predicted octanol–water partition coefficient (Wildman–Crippen LogP) is 3.19. The number of benzene rings is 2. The van der Waals surface area contributed by atoms with Gasteiger partial charge in [0.1, 0.15) is 17.4 Å². The molecule has 0 fully saturated rings. The number of nitrogens with zero attached hydrogens (tertiary/aromatic N) is 3. The van der Waals surface area contributed by atoms with E-state index < -0.39 is 17.5 Å². The summed E-state index contributed by atoms with van der Waals surface area (Å²) in [6, 6.07) is 6.33. The van der Waals surface area contributed by atoms with E-state index in [0.29, 0.717) is 0 Å². The Morgan fingerprint density at radius 2 is 2.08 bits per heavy atom. The quantitative estimate of drug-likeness (QED) is 0.570. The third-order valence-electron chi connectivity index (χ3n) is 3.60. The average Bonchev–Trinajstić information content (AvgIpc) is 2.83. The van der Waals surface area contributed by atoms with Crippen LogP contribution in [0.15, 0.2) is 24.3 Å². The molecule has 0 amide bonds. The summed E-state index contributed by atoms with van der Waals surface area (Å²) in [7, 11) is 1.36. The molecule has 24 heavy (non-hydrogen) atoms.